The zero-order valence-corrected chi connectivity index (χ0v) is 14.0. The maximum atomic E-state index is 5.31. The Balaban J connectivity index is 1.95. The van der Waals surface area contributed by atoms with Crippen LogP contribution < -0.4 is 4.74 Å². The lowest BCUT2D eigenvalue weighted by Gasteiger charge is -2.54. The molecule has 2 aromatic carbocycles. The molecule has 0 radical (unpaired) electrons. The van der Waals surface area contributed by atoms with Gasteiger partial charge in [0.05, 0.1) is 7.11 Å². The predicted molar refractivity (Wildman–Crippen MR) is 92.4 cm³/mol. The predicted octanol–water partition coefficient (Wildman–Crippen LogP) is 5.48. The summed E-state index contributed by atoms with van der Waals surface area (Å²) in [6, 6.07) is 19.7. The highest BCUT2D eigenvalue weighted by molar-refractivity contribution is 5.37. The fraction of sp³-hybridized carbons (Fsp3) is 0.429. The fourth-order valence-corrected chi connectivity index (χ4v) is 4.45. The number of methoxy groups -OCH3 is 1. The quantitative estimate of drug-likeness (QED) is 0.725. The van der Waals surface area contributed by atoms with Gasteiger partial charge in [0, 0.05) is 0 Å². The Morgan fingerprint density at radius 3 is 1.95 bits per heavy atom. The molecule has 1 fully saturated rings. The zero-order valence-electron chi connectivity index (χ0n) is 14.0. The van der Waals surface area contributed by atoms with Crippen molar-refractivity contribution in [3.05, 3.63) is 65.7 Å². The Bertz CT molecular complexity index is 600. The SMILES string of the molecule is COc1ccc(C2C(c3ccccc3)C(C)C2C(C)C)cc1. The van der Waals surface area contributed by atoms with Crippen molar-refractivity contribution in [3.8, 4) is 5.75 Å². The normalized spacial score (nSPS) is 27.5. The van der Waals surface area contributed by atoms with Crippen molar-refractivity contribution in [2.75, 3.05) is 7.11 Å². The maximum absolute atomic E-state index is 5.31. The molecule has 0 heterocycles. The van der Waals surface area contributed by atoms with E-state index in [0.29, 0.717) is 17.8 Å². The molecule has 0 aliphatic heterocycles. The average molecular weight is 294 g/mol. The maximum Gasteiger partial charge on any atom is 0.118 e. The van der Waals surface area contributed by atoms with Crippen LogP contribution in [0.2, 0.25) is 0 Å². The molecule has 3 rings (SSSR count). The second-order valence-corrected chi connectivity index (χ2v) is 6.92. The van der Waals surface area contributed by atoms with Crippen LogP contribution >= 0.6 is 0 Å². The summed E-state index contributed by atoms with van der Waals surface area (Å²) in [4.78, 5) is 0. The van der Waals surface area contributed by atoms with Gasteiger partial charge in [-0.2, -0.15) is 0 Å². The van der Waals surface area contributed by atoms with Crippen LogP contribution in [0.3, 0.4) is 0 Å². The van der Waals surface area contributed by atoms with Gasteiger partial charge in [-0.05, 0) is 52.8 Å². The lowest BCUT2D eigenvalue weighted by Crippen LogP contribution is -2.44. The summed E-state index contributed by atoms with van der Waals surface area (Å²) in [5.74, 6) is 4.37. The fourth-order valence-electron chi connectivity index (χ4n) is 4.45. The van der Waals surface area contributed by atoms with Gasteiger partial charge in [-0.15, -0.1) is 0 Å². The lowest BCUT2D eigenvalue weighted by molar-refractivity contribution is 0.0619. The van der Waals surface area contributed by atoms with Crippen LogP contribution in [0, 0.1) is 17.8 Å². The average Bonchev–Trinajstić information content (AvgIpc) is 2.53. The Labute approximate surface area is 134 Å². The van der Waals surface area contributed by atoms with E-state index in [1.807, 2.05) is 0 Å². The summed E-state index contributed by atoms with van der Waals surface area (Å²) >= 11 is 0. The largest absolute Gasteiger partial charge is 0.497 e. The smallest absolute Gasteiger partial charge is 0.118 e. The van der Waals surface area contributed by atoms with E-state index in [4.69, 9.17) is 4.74 Å². The topological polar surface area (TPSA) is 9.23 Å². The van der Waals surface area contributed by atoms with Crippen molar-refractivity contribution < 1.29 is 4.74 Å². The van der Waals surface area contributed by atoms with Gasteiger partial charge in [-0.1, -0.05) is 63.2 Å². The highest BCUT2D eigenvalue weighted by atomic mass is 16.5. The van der Waals surface area contributed by atoms with Crippen LogP contribution in [0.5, 0.6) is 5.75 Å². The van der Waals surface area contributed by atoms with Crippen LogP contribution in [0.4, 0.5) is 0 Å². The highest BCUT2D eigenvalue weighted by Gasteiger charge is 2.49. The number of benzene rings is 2. The van der Waals surface area contributed by atoms with Crippen LogP contribution in [-0.4, -0.2) is 7.11 Å². The van der Waals surface area contributed by atoms with E-state index in [9.17, 15) is 0 Å². The van der Waals surface area contributed by atoms with Gasteiger partial charge < -0.3 is 4.74 Å². The summed E-state index contributed by atoms with van der Waals surface area (Å²) < 4.78 is 5.31. The first-order valence-corrected chi connectivity index (χ1v) is 8.32. The number of hydrogen-bond acceptors (Lipinski definition) is 1. The van der Waals surface area contributed by atoms with Crippen LogP contribution in [-0.2, 0) is 0 Å². The minimum absolute atomic E-state index is 0.614. The summed E-state index contributed by atoms with van der Waals surface area (Å²) in [6.07, 6.45) is 0. The Hall–Kier alpha value is -1.76. The molecule has 1 aliphatic rings. The van der Waals surface area contributed by atoms with Crippen molar-refractivity contribution >= 4 is 0 Å². The Morgan fingerprint density at radius 2 is 1.41 bits per heavy atom. The van der Waals surface area contributed by atoms with Gasteiger partial charge in [0.1, 0.15) is 5.75 Å². The number of hydrogen-bond donors (Lipinski definition) is 0. The number of rotatable bonds is 4. The van der Waals surface area contributed by atoms with E-state index in [0.717, 1.165) is 17.6 Å². The minimum Gasteiger partial charge on any atom is -0.497 e. The van der Waals surface area contributed by atoms with Crippen LogP contribution in [0.1, 0.15) is 43.7 Å². The first-order valence-electron chi connectivity index (χ1n) is 8.32. The van der Waals surface area contributed by atoms with Gasteiger partial charge in [0.25, 0.3) is 0 Å². The van der Waals surface area contributed by atoms with Crippen molar-refractivity contribution in [1.29, 1.82) is 0 Å². The van der Waals surface area contributed by atoms with E-state index in [1.54, 1.807) is 7.11 Å². The Morgan fingerprint density at radius 1 is 0.818 bits per heavy atom. The van der Waals surface area contributed by atoms with Crippen molar-refractivity contribution in [3.63, 3.8) is 0 Å². The van der Waals surface area contributed by atoms with Gasteiger partial charge in [-0.25, -0.2) is 0 Å². The summed E-state index contributed by atoms with van der Waals surface area (Å²) in [5.41, 5.74) is 2.93. The van der Waals surface area contributed by atoms with Gasteiger partial charge in [-0.3, -0.25) is 0 Å². The molecule has 0 saturated heterocycles. The first kappa shape index (κ1) is 15.1. The zero-order chi connectivity index (χ0) is 15.7. The molecular formula is C21H26O. The molecule has 0 spiro atoms. The summed E-state index contributed by atoms with van der Waals surface area (Å²) in [7, 11) is 1.73. The third kappa shape index (κ3) is 2.54. The second kappa shape index (κ2) is 6.16. The third-order valence-electron chi connectivity index (χ3n) is 5.43. The molecule has 1 heteroatoms. The molecule has 22 heavy (non-hydrogen) atoms. The Kier molecular flexibility index (Phi) is 4.24. The summed E-state index contributed by atoms with van der Waals surface area (Å²) in [5, 5.41) is 0. The molecule has 0 amide bonds. The minimum atomic E-state index is 0.614. The molecule has 1 saturated carbocycles. The monoisotopic (exact) mass is 294 g/mol. The molecule has 0 aromatic heterocycles. The summed E-state index contributed by atoms with van der Waals surface area (Å²) in [6.45, 7) is 7.14. The molecular weight excluding hydrogens is 268 g/mol. The molecule has 2 aromatic rings. The molecule has 1 aliphatic carbocycles. The highest BCUT2D eigenvalue weighted by Crippen LogP contribution is 2.60. The molecule has 4 unspecified atom stereocenters. The lowest BCUT2D eigenvalue weighted by atomic mass is 9.50. The van der Waals surface area contributed by atoms with Crippen LogP contribution in [0.25, 0.3) is 0 Å². The van der Waals surface area contributed by atoms with E-state index in [-0.39, 0.29) is 0 Å². The molecule has 1 nitrogen and oxygen atoms in total. The van der Waals surface area contributed by atoms with E-state index in [2.05, 4.69) is 75.4 Å². The molecule has 4 atom stereocenters. The van der Waals surface area contributed by atoms with Crippen molar-refractivity contribution in [1.82, 2.24) is 0 Å². The van der Waals surface area contributed by atoms with Crippen molar-refractivity contribution in [2.45, 2.75) is 32.6 Å². The third-order valence-corrected chi connectivity index (χ3v) is 5.43. The van der Waals surface area contributed by atoms with Crippen LogP contribution in [0.15, 0.2) is 54.6 Å². The van der Waals surface area contributed by atoms with E-state index in [1.165, 1.54) is 11.1 Å². The molecule has 0 bridgehead atoms. The van der Waals surface area contributed by atoms with Gasteiger partial charge >= 0.3 is 0 Å². The first-order chi connectivity index (χ1) is 10.6. The van der Waals surface area contributed by atoms with Gasteiger partial charge in [0.15, 0.2) is 0 Å². The van der Waals surface area contributed by atoms with Crippen molar-refractivity contribution in [2.24, 2.45) is 17.8 Å². The van der Waals surface area contributed by atoms with E-state index < -0.39 is 0 Å². The second-order valence-electron chi connectivity index (χ2n) is 6.92. The van der Waals surface area contributed by atoms with Gasteiger partial charge in [0.2, 0.25) is 0 Å². The molecule has 0 N–H and O–H groups in total. The molecule has 116 valence electrons. The van der Waals surface area contributed by atoms with E-state index >= 15 is 0 Å². The standard InChI is InChI=1S/C21H26O/c1-14(2)19-15(3)20(16-8-6-5-7-9-16)21(19)17-10-12-18(22-4)13-11-17/h5-15,19-21H,1-4H3. The number of ether oxygens (including phenoxy) is 1.